The van der Waals surface area contributed by atoms with E-state index in [9.17, 15) is 19.7 Å². The number of carbonyl (C=O) groups excluding carboxylic acids is 2. The molecule has 0 saturated carbocycles. The molecule has 0 aliphatic heterocycles. The molecule has 0 heterocycles. The predicted molar refractivity (Wildman–Crippen MR) is 119 cm³/mol. The number of carbonyl (C=O) groups is 2. The summed E-state index contributed by atoms with van der Waals surface area (Å²) in [4.78, 5) is 35.0. The smallest absolute Gasteiger partial charge is 0.343 e. The van der Waals surface area contributed by atoms with Gasteiger partial charge < -0.3 is 9.47 Å². The number of benzene rings is 3. The molecule has 7 nitrogen and oxygen atoms in total. The van der Waals surface area contributed by atoms with Crippen molar-refractivity contribution in [3.05, 3.63) is 104 Å². The van der Waals surface area contributed by atoms with Crippen molar-refractivity contribution in [3.63, 3.8) is 0 Å². The highest BCUT2D eigenvalue weighted by Gasteiger charge is 2.16. The first-order valence-electron chi connectivity index (χ1n) is 9.00. The molecule has 0 saturated heterocycles. The third-order valence-electron chi connectivity index (χ3n) is 4.24. The maximum Gasteiger partial charge on any atom is 0.343 e. The molecule has 0 aliphatic carbocycles. The molecule has 0 N–H and O–H groups in total. The Bertz CT molecular complexity index is 1170. The van der Waals surface area contributed by atoms with E-state index in [4.69, 9.17) is 9.47 Å². The number of ether oxygens (including phenoxy) is 2. The molecular weight excluding hydrogens is 466 g/mol. The van der Waals surface area contributed by atoms with Crippen LogP contribution in [0.4, 0.5) is 5.69 Å². The van der Waals surface area contributed by atoms with Gasteiger partial charge in [-0.3, -0.25) is 14.9 Å². The fraction of sp³-hybridized carbons (Fsp3) is 0.0435. The lowest BCUT2D eigenvalue weighted by atomic mass is 10.1. The van der Waals surface area contributed by atoms with Gasteiger partial charge in [0.1, 0.15) is 0 Å². The highest BCUT2D eigenvalue weighted by Crippen LogP contribution is 2.29. The van der Waals surface area contributed by atoms with Crippen LogP contribution >= 0.6 is 15.9 Å². The number of hydrogen-bond acceptors (Lipinski definition) is 6. The van der Waals surface area contributed by atoms with Crippen molar-refractivity contribution < 1.29 is 24.0 Å². The van der Waals surface area contributed by atoms with Gasteiger partial charge in [0, 0.05) is 22.2 Å². The van der Waals surface area contributed by atoms with Gasteiger partial charge in [-0.25, -0.2) is 4.79 Å². The lowest BCUT2D eigenvalue weighted by molar-refractivity contribution is -0.384. The quantitative estimate of drug-likeness (QED) is 0.111. The monoisotopic (exact) mass is 481 g/mol. The van der Waals surface area contributed by atoms with Crippen LogP contribution in [0.3, 0.4) is 0 Å². The Morgan fingerprint density at radius 3 is 2.39 bits per heavy atom. The molecule has 0 fully saturated rings. The summed E-state index contributed by atoms with van der Waals surface area (Å²) in [5.74, 6) is -0.490. The van der Waals surface area contributed by atoms with Crippen LogP contribution in [0, 0.1) is 10.1 Å². The number of non-ortho nitro benzene ring substituents is 1. The number of nitro benzene ring substituents is 1. The van der Waals surface area contributed by atoms with Crippen molar-refractivity contribution >= 4 is 39.4 Å². The Balaban J connectivity index is 1.76. The second-order valence-electron chi connectivity index (χ2n) is 6.31. The van der Waals surface area contributed by atoms with Gasteiger partial charge in [0.05, 0.1) is 17.6 Å². The van der Waals surface area contributed by atoms with Crippen LogP contribution in [-0.2, 0) is 0 Å². The van der Waals surface area contributed by atoms with E-state index in [1.54, 1.807) is 42.5 Å². The molecule has 0 spiro atoms. The van der Waals surface area contributed by atoms with Gasteiger partial charge in [-0.05, 0) is 54.1 Å². The number of ketones is 1. The van der Waals surface area contributed by atoms with Crippen molar-refractivity contribution in [2.75, 3.05) is 7.11 Å². The summed E-state index contributed by atoms with van der Waals surface area (Å²) in [5.41, 5.74) is 1.05. The fourth-order valence-corrected chi connectivity index (χ4v) is 2.92. The second kappa shape index (κ2) is 9.82. The summed E-state index contributed by atoms with van der Waals surface area (Å²) < 4.78 is 11.5. The van der Waals surface area contributed by atoms with Crippen molar-refractivity contribution in [3.8, 4) is 11.5 Å². The SMILES string of the molecule is COc1cc(C=CC(=O)c2ccc(Br)cc2)ccc1OC(=O)c1cccc([N+](=O)[O-])c1. The molecule has 0 aliphatic rings. The average molecular weight is 482 g/mol. The molecule has 0 amide bonds. The van der Waals surface area contributed by atoms with Gasteiger partial charge in [-0.15, -0.1) is 0 Å². The standard InChI is InChI=1S/C23H16BrNO6/c1-30-22-13-15(5-11-20(26)16-7-9-18(24)10-8-16)6-12-21(22)31-23(27)17-3-2-4-19(14-17)25(28)29/h2-14H,1H3. The number of nitro groups is 1. The van der Waals surface area contributed by atoms with E-state index in [0.29, 0.717) is 11.1 Å². The van der Waals surface area contributed by atoms with Gasteiger partial charge in [-0.1, -0.05) is 34.1 Å². The Hall–Kier alpha value is -3.78. The van der Waals surface area contributed by atoms with Crippen LogP contribution in [0.15, 0.2) is 77.3 Å². The normalized spacial score (nSPS) is 10.6. The lowest BCUT2D eigenvalue weighted by Crippen LogP contribution is -2.09. The van der Waals surface area contributed by atoms with Crippen LogP contribution in [0.5, 0.6) is 11.5 Å². The minimum Gasteiger partial charge on any atom is -0.493 e. The Labute approximate surface area is 186 Å². The summed E-state index contributed by atoms with van der Waals surface area (Å²) >= 11 is 3.33. The van der Waals surface area contributed by atoms with E-state index in [2.05, 4.69) is 15.9 Å². The van der Waals surface area contributed by atoms with E-state index in [1.165, 1.54) is 37.5 Å². The molecule has 0 aromatic heterocycles. The average Bonchev–Trinajstić information content (AvgIpc) is 2.78. The molecule has 3 aromatic carbocycles. The summed E-state index contributed by atoms with van der Waals surface area (Å²) in [6.07, 6.45) is 3.06. The largest absolute Gasteiger partial charge is 0.493 e. The Kier molecular flexibility index (Phi) is 6.94. The summed E-state index contributed by atoms with van der Waals surface area (Å²) in [6.45, 7) is 0. The highest BCUT2D eigenvalue weighted by molar-refractivity contribution is 9.10. The van der Waals surface area contributed by atoms with Crippen LogP contribution < -0.4 is 9.47 Å². The van der Waals surface area contributed by atoms with Crippen LogP contribution in [0.2, 0.25) is 0 Å². The molecule has 3 rings (SSSR count). The maximum atomic E-state index is 12.4. The van der Waals surface area contributed by atoms with Gasteiger partial charge in [0.2, 0.25) is 0 Å². The highest BCUT2D eigenvalue weighted by atomic mass is 79.9. The zero-order chi connectivity index (χ0) is 22.4. The number of rotatable bonds is 7. The molecule has 3 aromatic rings. The molecular formula is C23H16BrNO6. The molecule has 8 heteroatoms. The first kappa shape index (κ1) is 21.9. The van der Waals surface area contributed by atoms with Crippen LogP contribution in [-0.4, -0.2) is 23.8 Å². The summed E-state index contributed by atoms with van der Waals surface area (Å²) in [5, 5.41) is 10.9. The zero-order valence-corrected chi connectivity index (χ0v) is 17.9. The lowest BCUT2D eigenvalue weighted by Gasteiger charge is -2.10. The minimum absolute atomic E-state index is 0.0420. The van der Waals surface area contributed by atoms with Gasteiger partial charge in [0.25, 0.3) is 5.69 Å². The van der Waals surface area contributed by atoms with E-state index in [-0.39, 0.29) is 28.5 Å². The van der Waals surface area contributed by atoms with Gasteiger partial charge in [-0.2, -0.15) is 0 Å². The zero-order valence-electron chi connectivity index (χ0n) is 16.3. The van der Waals surface area contributed by atoms with Gasteiger partial charge >= 0.3 is 5.97 Å². The van der Waals surface area contributed by atoms with Crippen molar-refractivity contribution in [1.82, 2.24) is 0 Å². The minimum atomic E-state index is -0.754. The van der Waals surface area contributed by atoms with Crippen molar-refractivity contribution in [1.29, 1.82) is 0 Å². The molecule has 156 valence electrons. The van der Waals surface area contributed by atoms with Gasteiger partial charge in [0.15, 0.2) is 17.3 Å². The number of nitrogens with zero attached hydrogens (tertiary/aromatic N) is 1. The maximum absolute atomic E-state index is 12.4. The fourth-order valence-electron chi connectivity index (χ4n) is 2.66. The first-order chi connectivity index (χ1) is 14.9. The number of methoxy groups -OCH3 is 1. The van der Waals surface area contributed by atoms with E-state index in [0.717, 1.165) is 10.5 Å². The third kappa shape index (κ3) is 5.64. The van der Waals surface area contributed by atoms with Crippen molar-refractivity contribution in [2.45, 2.75) is 0 Å². The summed E-state index contributed by atoms with van der Waals surface area (Å²) in [7, 11) is 1.42. The van der Waals surface area contributed by atoms with Crippen LogP contribution in [0.1, 0.15) is 26.3 Å². The molecule has 0 radical (unpaired) electrons. The Morgan fingerprint density at radius 2 is 1.71 bits per heavy atom. The number of allylic oxidation sites excluding steroid dienone is 1. The second-order valence-corrected chi connectivity index (χ2v) is 7.23. The molecule has 0 unspecified atom stereocenters. The Morgan fingerprint density at radius 1 is 0.968 bits per heavy atom. The number of hydrogen-bond donors (Lipinski definition) is 0. The van der Waals surface area contributed by atoms with Crippen molar-refractivity contribution in [2.24, 2.45) is 0 Å². The van der Waals surface area contributed by atoms with Crippen LogP contribution in [0.25, 0.3) is 6.08 Å². The number of halogens is 1. The van der Waals surface area contributed by atoms with E-state index in [1.807, 2.05) is 0 Å². The summed E-state index contributed by atoms with van der Waals surface area (Å²) in [6, 6.07) is 17.1. The predicted octanol–water partition coefficient (Wildman–Crippen LogP) is 5.48. The molecule has 0 atom stereocenters. The third-order valence-corrected chi connectivity index (χ3v) is 4.77. The first-order valence-corrected chi connectivity index (χ1v) is 9.79. The molecule has 31 heavy (non-hydrogen) atoms. The number of esters is 1. The van der Waals surface area contributed by atoms with E-state index >= 15 is 0 Å². The topological polar surface area (TPSA) is 95.7 Å². The van der Waals surface area contributed by atoms with E-state index < -0.39 is 10.9 Å². The molecule has 0 bridgehead atoms.